The van der Waals surface area contributed by atoms with E-state index in [9.17, 15) is 0 Å². The fourth-order valence-electron chi connectivity index (χ4n) is 2.14. The molecular weight excluding hydrogens is 232 g/mol. The number of anilines is 2. The number of hydrogen-bond donors (Lipinski definition) is 2. The fraction of sp³-hybridized carbons (Fsp3) is 0.538. The smallest absolute Gasteiger partial charge is 0.144 e. The minimum atomic E-state index is -0.145. The zero-order valence-corrected chi connectivity index (χ0v) is 10.6. The van der Waals surface area contributed by atoms with E-state index in [4.69, 9.17) is 20.3 Å². The van der Waals surface area contributed by atoms with Gasteiger partial charge in [0.25, 0.3) is 0 Å². The molecule has 0 bridgehead atoms. The first-order chi connectivity index (χ1) is 8.76. The number of nitrogens with two attached hydrogens (primary N) is 1. The highest BCUT2D eigenvalue weighted by atomic mass is 16.5. The van der Waals surface area contributed by atoms with Gasteiger partial charge < -0.3 is 25.2 Å². The molecule has 1 heterocycles. The van der Waals surface area contributed by atoms with Gasteiger partial charge in [-0.25, -0.2) is 0 Å². The Morgan fingerprint density at radius 3 is 3.11 bits per heavy atom. The van der Waals surface area contributed by atoms with Crippen LogP contribution in [0.4, 0.5) is 11.4 Å². The molecule has 0 aliphatic carbocycles. The van der Waals surface area contributed by atoms with Gasteiger partial charge >= 0.3 is 0 Å². The maximum Gasteiger partial charge on any atom is 0.144 e. The van der Waals surface area contributed by atoms with Gasteiger partial charge in [-0.15, -0.1) is 0 Å². The maximum absolute atomic E-state index is 9.16. The van der Waals surface area contributed by atoms with Crippen LogP contribution in [0.2, 0.25) is 0 Å². The summed E-state index contributed by atoms with van der Waals surface area (Å²) in [6.45, 7) is 4.58. The standard InChI is InChI=1S/C13H20N2O3/c1-2-17-12-5-3-4-11(13(12)14)15-6-7-18-10(8-15)9-16/h3-5,10,16H,2,6-9,14H2,1H3. The van der Waals surface area contributed by atoms with Crippen LogP contribution >= 0.6 is 0 Å². The number of hydrogen-bond acceptors (Lipinski definition) is 5. The maximum atomic E-state index is 9.16. The van der Waals surface area contributed by atoms with E-state index in [1.807, 2.05) is 25.1 Å². The van der Waals surface area contributed by atoms with Crippen molar-refractivity contribution >= 4 is 11.4 Å². The molecule has 1 aliphatic heterocycles. The number of rotatable bonds is 4. The van der Waals surface area contributed by atoms with Crippen molar-refractivity contribution in [2.45, 2.75) is 13.0 Å². The van der Waals surface area contributed by atoms with Crippen LogP contribution in [0.25, 0.3) is 0 Å². The van der Waals surface area contributed by atoms with Crippen LogP contribution in [0.15, 0.2) is 18.2 Å². The Hall–Kier alpha value is -1.46. The van der Waals surface area contributed by atoms with Crippen molar-refractivity contribution in [3.05, 3.63) is 18.2 Å². The Balaban J connectivity index is 2.19. The number of nitrogen functional groups attached to an aromatic ring is 1. The van der Waals surface area contributed by atoms with E-state index in [0.29, 0.717) is 31.2 Å². The van der Waals surface area contributed by atoms with Gasteiger partial charge in [-0.05, 0) is 19.1 Å². The van der Waals surface area contributed by atoms with Crippen molar-refractivity contribution < 1.29 is 14.6 Å². The minimum Gasteiger partial charge on any atom is -0.492 e. The van der Waals surface area contributed by atoms with Crippen molar-refractivity contribution in [1.82, 2.24) is 0 Å². The second-order valence-corrected chi connectivity index (χ2v) is 4.24. The van der Waals surface area contributed by atoms with E-state index >= 15 is 0 Å². The van der Waals surface area contributed by atoms with Crippen molar-refractivity contribution in [2.24, 2.45) is 0 Å². The van der Waals surface area contributed by atoms with Gasteiger partial charge in [0.1, 0.15) is 5.75 Å². The van der Waals surface area contributed by atoms with Gasteiger partial charge in [0, 0.05) is 13.1 Å². The van der Waals surface area contributed by atoms with Gasteiger partial charge in [-0.3, -0.25) is 0 Å². The van der Waals surface area contributed by atoms with Gasteiger partial charge in [-0.1, -0.05) is 6.07 Å². The number of benzene rings is 1. The molecule has 1 atom stereocenters. The van der Waals surface area contributed by atoms with Crippen LogP contribution in [-0.2, 0) is 4.74 Å². The molecule has 0 saturated carbocycles. The summed E-state index contributed by atoms with van der Waals surface area (Å²) < 4.78 is 10.9. The number of ether oxygens (including phenoxy) is 2. The Kier molecular flexibility index (Phi) is 4.28. The highest BCUT2D eigenvalue weighted by molar-refractivity contribution is 5.74. The minimum absolute atomic E-state index is 0.0293. The average molecular weight is 252 g/mol. The lowest BCUT2D eigenvalue weighted by Gasteiger charge is -2.34. The third-order valence-corrected chi connectivity index (χ3v) is 3.03. The molecular formula is C13H20N2O3. The summed E-state index contributed by atoms with van der Waals surface area (Å²) in [6.07, 6.45) is -0.145. The summed E-state index contributed by atoms with van der Waals surface area (Å²) in [5.74, 6) is 0.710. The first-order valence-corrected chi connectivity index (χ1v) is 6.25. The lowest BCUT2D eigenvalue weighted by molar-refractivity contribution is 0.00360. The molecule has 0 radical (unpaired) electrons. The molecule has 2 rings (SSSR count). The van der Waals surface area contributed by atoms with Crippen molar-refractivity contribution in [2.75, 3.05) is 43.5 Å². The Bertz CT molecular complexity index is 398. The van der Waals surface area contributed by atoms with Crippen LogP contribution in [-0.4, -0.2) is 44.1 Å². The largest absolute Gasteiger partial charge is 0.492 e. The summed E-state index contributed by atoms with van der Waals surface area (Å²) in [5.41, 5.74) is 7.71. The third kappa shape index (κ3) is 2.68. The third-order valence-electron chi connectivity index (χ3n) is 3.03. The zero-order valence-electron chi connectivity index (χ0n) is 10.6. The quantitative estimate of drug-likeness (QED) is 0.778. The fourth-order valence-corrected chi connectivity index (χ4v) is 2.14. The molecule has 5 heteroatoms. The molecule has 0 spiro atoms. The molecule has 0 aromatic heterocycles. The van der Waals surface area contributed by atoms with Crippen molar-refractivity contribution in [1.29, 1.82) is 0 Å². The summed E-state index contributed by atoms with van der Waals surface area (Å²) in [6, 6.07) is 5.77. The van der Waals surface area contributed by atoms with Crippen LogP contribution in [0.5, 0.6) is 5.75 Å². The van der Waals surface area contributed by atoms with E-state index < -0.39 is 0 Å². The van der Waals surface area contributed by atoms with Gasteiger partial charge in [0.15, 0.2) is 0 Å². The lowest BCUT2D eigenvalue weighted by Crippen LogP contribution is -2.44. The summed E-state index contributed by atoms with van der Waals surface area (Å²) >= 11 is 0. The van der Waals surface area contributed by atoms with E-state index in [1.165, 1.54) is 0 Å². The molecule has 1 saturated heterocycles. The summed E-state index contributed by atoms with van der Waals surface area (Å²) in [4.78, 5) is 2.13. The van der Waals surface area contributed by atoms with Gasteiger partial charge in [-0.2, -0.15) is 0 Å². The Morgan fingerprint density at radius 2 is 2.39 bits per heavy atom. The summed E-state index contributed by atoms with van der Waals surface area (Å²) in [5, 5.41) is 9.16. The highest BCUT2D eigenvalue weighted by Gasteiger charge is 2.22. The molecule has 5 nitrogen and oxygen atoms in total. The lowest BCUT2D eigenvalue weighted by atomic mass is 10.2. The Labute approximate surface area is 107 Å². The predicted molar refractivity (Wildman–Crippen MR) is 71.1 cm³/mol. The number of nitrogens with zero attached hydrogens (tertiary/aromatic N) is 1. The first kappa shape index (κ1) is 13.0. The molecule has 0 amide bonds. The first-order valence-electron chi connectivity index (χ1n) is 6.25. The van der Waals surface area contributed by atoms with E-state index in [-0.39, 0.29) is 12.7 Å². The molecule has 1 aromatic rings. The van der Waals surface area contributed by atoms with Gasteiger partial charge in [0.05, 0.1) is 37.3 Å². The molecule has 1 aromatic carbocycles. The van der Waals surface area contributed by atoms with Crippen molar-refractivity contribution in [3.8, 4) is 5.75 Å². The van der Waals surface area contributed by atoms with E-state index in [2.05, 4.69) is 4.90 Å². The molecule has 100 valence electrons. The van der Waals surface area contributed by atoms with Crippen LogP contribution in [0.1, 0.15) is 6.92 Å². The topological polar surface area (TPSA) is 68.0 Å². The molecule has 3 N–H and O–H groups in total. The van der Waals surface area contributed by atoms with Gasteiger partial charge in [0.2, 0.25) is 0 Å². The molecule has 18 heavy (non-hydrogen) atoms. The van der Waals surface area contributed by atoms with Crippen LogP contribution in [0.3, 0.4) is 0 Å². The number of aliphatic hydroxyl groups is 1. The van der Waals surface area contributed by atoms with Crippen LogP contribution in [0, 0.1) is 0 Å². The number of aliphatic hydroxyl groups excluding tert-OH is 1. The number of para-hydroxylation sites is 1. The predicted octanol–water partition coefficient (Wildman–Crippen LogP) is 0.865. The zero-order chi connectivity index (χ0) is 13.0. The number of morpholine rings is 1. The average Bonchev–Trinajstić information content (AvgIpc) is 2.41. The molecule has 1 aliphatic rings. The molecule has 1 unspecified atom stereocenters. The Morgan fingerprint density at radius 1 is 1.56 bits per heavy atom. The van der Waals surface area contributed by atoms with E-state index in [1.54, 1.807) is 0 Å². The highest BCUT2D eigenvalue weighted by Crippen LogP contribution is 2.33. The van der Waals surface area contributed by atoms with Crippen LogP contribution < -0.4 is 15.4 Å². The van der Waals surface area contributed by atoms with E-state index in [0.717, 1.165) is 12.2 Å². The normalized spacial score (nSPS) is 19.9. The SMILES string of the molecule is CCOc1cccc(N2CCOC(CO)C2)c1N. The second kappa shape index (κ2) is 5.93. The monoisotopic (exact) mass is 252 g/mol. The second-order valence-electron chi connectivity index (χ2n) is 4.24. The summed E-state index contributed by atoms with van der Waals surface area (Å²) in [7, 11) is 0. The molecule has 1 fully saturated rings. The van der Waals surface area contributed by atoms with Crippen molar-refractivity contribution in [3.63, 3.8) is 0 Å².